The van der Waals surface area contributed by atoms with Crippen molar-refractivity contribution in [2.75, 3.05) is 13.2 Å². The van der Waals surface area contributed by atoms with E-state index in [0.717, 1.165) is 31.5 Å². The molecule has 0 radical (unpaired) electrons. The number of fused-ring (bicyclic) bond motifs is 1. The van der Waals surface area contributed by atoms with Crippen molar-refractivity contribution < 1.29 is 9.47 Å². The van der Waals surface area contributed by atoms with E-state index in [-0.39, 0.29) is 6.10 Å². The van der Waals surface area contributed by atoms with Gasteiger partial charge in [-0.2, -0.15) is 0 Å². The first kappa shape index (κ1) is 16.2. The summed E-state index contributed by atoms with van der Waals surface area (Å²) < 4.78 is 12.2. The van der Waals surface area contributed by atoms with Gasteiger partial charge in [-0.1, -0.05) is 12.1 Å². The lowest BCUT2D eigenvalue weighted by Gasteiger charge is -2.35. The number of aromatic nitrogens is 1. The van der Waals surface area contributed by atoms with Crippen LogP contribution in [0, 0.1) is 0 Å². The first-order valence-electron chi connectivity index (χ1n) is 8.77. The van der Waals surface area contributed by atoms with E-state index in [1.807, 2.05) is 29.7 Å². The third-order valence-corrected chi connectivity index (χ3v) is 5.85. The number of ether oxygens (including phenoxy) is 2. The molecule has 2 saturated heterocycles. The zero-order valence-corrected chi connectivity index (χ0v) is 14.7. The Morgan fingerprint density at radius 1 is 1.25 bits per heavy atom. The highest BCUT2D eigenvalue weighted by Crippen LogP contribution is 2.33. The third kappa shape index (κ3) is 3.86. The largest absolute Gasteiger partial charge is 0.374 e. The van der Waals surface area contributed by atoms with Crippen LogP contribution in [0.4, 0.5) is 0 Å². The Morgan fingerprint density at radius 2 is 2.25 bits per heavy atom. The fourth-order valence-electron chi connectivity index (χ4n) is 3.80. The van der Waals surface area contributed by atoms with Crippen LogP contribution >= 0.6 is 11.3 Å². The van der Waals surface area contributed by atoms with Crippen molar-refractivity contribution in [2.24, 2.45) is 0 Å². The van der Waals surface area contributed by atoms with E-state index in [4.69, 9.17) is 9.47 Å². The lowest BCUT2D eigenvalue weighted by atomic mass is 9.99. The van der Waals surface area contributed by atoms with Gasteiger partial charge < -0.3 is 9.47 Å². The second-order valence-corrected chi connectivity index (χ2v) is 7.69. The predicted molar refractivity (Wildman–Crippen MR) is 94.9 cm³/mol. The number of likely N-dealkylation sites (tertiary alicyclic amines) is 1. The molecule has 4 nitrogen and oxygen atoms in total. The number of pyridine rings is 1. The van der Waals surface area contributed by atoms with Crippen LogP contribution in [0.25, 0.3) is 0 Å². The predicted octanol–water partition coefficient (Wildman–Crippen LogP) is 3.48. The molecule has 4 rings (SSSR count). The summed E-state index contributed by atoms with van der Waals surface area (Å²) in [5.41, 5.74) is 1.12. The highest BCUT2D eigenvalue weighted by molar-refractivity contribution is 7.09. The van der Waals surface area contributed by atoms with Crippen LogP contribution < -0.4 is 0 Å². The fourth-order valence-corrected chi connectivity index (χ4v) is 4.53. The fraction of sp³-hybridized carbons (Fsp3) is 0.526. The molecule has 2 aromatic heterocycles. The van der Waals surface area contributed by atoms with Gasteiger partial charge in [0.2, 0.25) is 0 Å². The molecule has 0 bridgehead atoms. The molecule has 0 amide bonds. The first-order valence-corrected chi connectivity index (χ1v) is 9.65. The normalized spacial score (nSPS) is 27.2. The monoisotopic (exact) mass is 344 g/mol. The zero-order valence-electron chi connectivity index (χ0n) is 13.8. The first-order chi connectivity index (χ1) is 11.9. The van der Waals surface area contributed by atoms with Crippen molar-refractivity contribution in [1.82, 2.24) is 9.88 Å². The Bertz CT molecular complexity index is 620. The molecule has 0 saturated carbocycles. The van der Waals surface area contributed by atoms with Gasteiger partial charge in [-0.3, -0.25) is 9.88 Å². The molecule has 0 aromatic carbocycles. The van der Waals surface area contributed by atoms with Gasteiger partial charge in [0.25, 0.3) is 0 Å². The molecule has 2 aliphatic heterocycles. The number of nitrogens with zero attached hydrogens (tertiary/aromatic N) is 2. The summed E-state index contributed by atoms with van der Waals surface area (Å²) in [6, 6.07) is 8.95. The average molecular weight is 344 g/mol. The lowest BCUT2D eigenvalue weighted by Crippen LogP contribution is -2.43. The quantitative estimate of drug-likeness (QED) is 0.803. The van der Waals surface area contributed by atoms with Crippen molar-refractivity contribution in [1.29, 1.82) is 0 Å². The van der Waals surface area contributed by atoms with Crippen molar-refractivity contribution in [3.05, 3.63) is 52.5 Å². The molecule has 2 aromatic rings. The van der Waals surface area contributed by atoms with Gasteiger partial charge in [0, 0.05) is 36.4 Å². The smallest absolute Gasteiger partial charge is 0.0813 e. The summed E-state index contributed by atoms with van der Waals surface area (Å²) >= 11 is 1.85. The second-order valence-electron chi connectivity index (χ2n) is 6.66. The number of thiophene rings is 1. The van der Waals surface area contributed by atoms with Crippen LogP contribution in [0.5, 0.6) is 0 Å². The van der Waals surface area contributed by atoms with Gasteiger partial charge in [0.05, 0.1) is 25.4 Å². The Morgan fingerprint density at radius 3 is 3.08 bits per heavy atom. The summed E-state index contributed by atoms with van der Waals surface area (Å²) in [5, 5.41) is 2.16. The van der Waals surface area contributed by atoms with Crippen LogP contribution in [-0.2, 0) is 22.6 Å². The minimum atomic E-state index is 0.240. The van der Waals surface area contributed by atoms with Crippen molar-refractivity contribution in [2.45, 2.75) is 50.7 Å². The Balaban J connectivity index is 1.23. The number of rotatable bonds is 6. The SMILES string of the molecule is c1cncc(COC[C@@H]2CC[C@H]3[C@H](CCN3Cc3cccs3)O2)c1. The molecule has 0 spiro atoms. The van der Waals surface area contributed by atoms with E-state index >= 15 is 0 Å². The highest BCUT2D eigenvalue weighted by atomic mass is 32.1. The molecule has 128 valence electrons. The van der Waals surface area contributed by atoms with E-state index in [2.05, 4.69) is 27.4 Å². The second kappa shape index (κ2) is 7.74. The average Bonchev–Trinajstić information content (AvgIpc) is 3.26. The van der Waals surface area contributed by atoms with Crippen LogP contribution in [0.15, 0.2) is 42.0 Å². The van der Waals surface area contributed by atoms with Crippen molar-refractivity contribution in [3.63, 3.8) is 0 Å². The van der Waals surface area contributed by atoms with Crippen LogP contribution in [-0.4, -0.2) is 41.3 Å². The van der Waals surface area contributed by atoms with Crippen LogP contribution in [0.2, 0.25) is 0 Å². The number of hydrogen-bond acceptors (Lipinski definition) is 5. The van der Waals surface area contributed by atoms with E-state index in [9.17, 15) is 0 Å². The molecule has 3 atom stereocenters. The van der Waals surface area contributed by atoms with Gasteiger partial charge >= 0.3 is 0 Å². The Kier molecular flexibility index (Phi) is 5.23. The summed E-state index contributed by atoms with van der Waals surface area (Å²) in [7, 11) is 0. The van der Waals surface area contributed by atoms with Gasteiger partial charge in [0.15, 0.2) is 0 Å². The van der Waals surface area contributed by atoms with Crippen molar-refractivity contribution >= 4 is 11.3 Å². The maximum Gasteiger partial charge on any atom is 0.0813 e. The van der Waals surface area contributed by atoms with Gasteiger partial charge in [0.1, 0.15) is 0 Å². The minimum absolute atomic E-state index is 0.240. The van der Waals surface area contributed by atoms with Crippen LogP contribution in [0.1, 0.15) is 29.7 Å². The molecule has 24 heavy (non-hydrogen) atoms. The molecular weight excluding hydrogens is 320 g/mol. The Hall–Kier alpha value is -1.27. The van der Waals surface area contributed by atoms with E-state index in [1.54, 1.807) is 6.20 Å². The summed E-state index contributed by atoms with van der Waals surface area (Å²) in [6.45, 7) is 3.52. The minimum Gasteiger partial charge on any atom is -0.374 e. The molecular formula is C19H24N2O2S. The maximum absolute atomic E-state index is 6.32. The summed E-state index contributed by atoms with van der Waals surface area (Å²) in [5.74, 6) is 0. The third-order valence-electron chi connectivity index (χ3n) is 4.98. The molecule has 2 fully saturated rings. The van der Waals surface area contributed by atoms with Gasteiger partial charge in [-0.15, -0.1) is 11.3 Å². The highest BCUT2D eigenvalue weighted by Gasteiger charge is 2.39. The van der Waals surface area contributed by atoms with Crippen LogP contribution in [0.3, 0.4) is 0 Å². The summed E-state index contributed by atoms with van der Waals surface area (Å²) in [4.78, 5) is 8.17. The molecule has 5 heteroatoms. The van der Waals surface area contributed by atoms with Gasteiger partial charge in [-0.25, -0.2) is 0 Å². The standard InChI is InChI=1S/C19H24N2O2S/c1-3-15(11-20-8-1)13-22-14-16-5-6-18-19(23-16)7-9-21(18)12-17-4-2-10-24-17/h1-4,8,10-11,16,18-19H,5-7,9,12-14H2/t16-,18-,19-/m0/s1. The maximum atomic E-state index is 6.32. The van der Waals surface area contributed by atoms with E-state index in [0.29, 0.717) is 25.4 Å². The molecule has 4 heterocycles. The number of hydrogen-bond donors (Lipinski definition) is 0. The molecule has 0 N–H and O–H groups in total. The topological polar surface area (TPSA) is 34.6 Å². The van der Waals surface area contributed by atoms with E-state index < -0.39 is 0 Å². The summed E-state index contributed by atoms with van der Waals surface area (Å²) in [6.07, 6.45) is 7.73. The van der Waals surface area contributed by atoms with Crippen molar-refractivity contribution in [3.8, 4) is 0 Å². The Labute approximate surface area is 147 Å². The molecule has 2 aliphatic rings. The van der Waals surface area contributed by atoms with E-state index in [1.165, 1.54) is 11.3 Å². The lowest BCUT2D eigenvalue weighted by molar-refractivity contribution is -0.102. The van der Waals surface area contributed by atoms with Gasteiger partial charge in [-0.05, 0) is 42.3 Å². The molecule has 0 aliphatic carbocycles. The molecule has 0 unspecified atom stereocenters. The zero-order chi connectivity index (χ0) is 16.2.